The average Bonchev–Trinajstić information content (AvgIpc) is 2.77. The molecule has 0 spiro atoms. The minimum atomic E-state index is -3.44. The van der Waals surface area contributed by atoms with Crippen LogP contribution in [0.15, 0.2) is 14.1 Å². The smallest absolute Gasteiger partial charge is 0.304 e. The molecule has 9 heteroatoms. The lowest BCUT2D eigenvalue weighted by Gasteiger charge is -2.33. The maximum absolute atomic E-state index is 12.5. The van der Waals surface area contributed by atoms with Gasteiger partial charge in [0.25, 0.3) is 10.0 Å². The van der Waals surface area contributed by atoms with E-state index in [1.54, 1.807) is 6.07 Å². The van der Waals surface area contributed by atoms with Gasteiger partial charge in [-0.1, -0.05) is 0 Å². The van der Waals surface area contributed by atoms with Gasteiger partial charge in [-0.3, -0.25) is 4.79 Å². The van der Waals surface area contributed by atoms with Crippen molar-refractivity contribution < 1.29 is 18.3 Å². The molecule has 0 saturated carbocycles. The number of carboxylic acid groups (broad SMARTS) is 1. The zero-order valence-corrected chi connectivity index (χ0v) is 14.8. The Balaban J connectivity index is 1.99. The van der Waals surface area contributed by atoms with Crippen molar-refractivity contribution in [3.8, 4) is 0 Å². The SMILES string of the molecule is Cc1cc(S(=O)(=O)N2CCN(CCC(=O)O)CC2)sc1Br. The second-order valence-electron chi connectivity index (χ2n) is 4.91. The molecule has 1 aliphatic heterocycles. The molecule has 0 unspecified atom stereocenters. The molecule has 2 rings (SSSR count). The summed E-state index contributed by atoms with van der Waals surface area (Å²) in [5.74, 6) is -0.830. The van der Waals surface area contributed by atoms with E-state index in [0.717, 1.165) is 9.35 Å². The Morgan fingerprint density at radius 3 is 2.48 bits per heavy atom. The van der Waals surface area contributed by atoms with E-state index in [-0.39, 0.29) is 6.42 Å². The van der Waals surface area contributed by atoms with Crippen molar-refractivity contribution >= 4 is 43.3 Å². The number of rotatable bonds is 5. The van der Waals surface area contributed by atoms with Gasteiger partial charge in [-0.25, -0.2) is 8.42 Å². The van der Waals surface area contributed by atoms with Crippen molar-refractivity contribution in [3.63, 3.8) is 0 Å². The third kappa shape index (κ3) is 4.04. The van der Waals surface area contributed by atoms with Gasteiger partial charge in [-0.05, 0) is 34.5 Å². The number of nitrogens with zero attached hydrogens (tertiary/aromatic N) is 2. The Labute approximate surface area is 136 Å². The minimum Gasteiger partial charge on any atom is -0.481 e. The first-order valence-corrected chi connectivity index (χ1v) is 9.56. The maximum atomic E-state index is 12.5. The van der Waals surface area contributed by atoms with E-state index in [2.05, 4.69) is 15.9 Å². The van der Waals surface area contributed by atoms with Crippen LogP contribution in [0.5, 0.6) is 0 Å². The highest BCUT2D eigenvalue weighted by Gasteiger charge is 2.30. The van der Waals surface area contributed by atoms with Gasteiger partial charge in [0.2, 0.25) is 0 Å². The summed E-state index contributed by atoms with van der Waals surface area (Å²) < 4.78 is 27.7. The summed E-state index contributed by atoms with van der Waals surface area (Å²) in [6, 6.07) is 1.68. The molecular formula is C12H17BrN2O4S2. The molecule has 1 aromatic rings. The number of thiophene rings is 1. The van der Waals surface area contributed by atoms with E-state index >= 15 is 0 Å². The third-order valence-corrected chi connectivity index (χ3v) is 7.89. The molecule has 0 atom stereocenters. The summed E-state index contributed by atoms with van der Waals surface area (Å²) in [6.45, 7) is 4.26. The van der Waals surface area contributed by atoms with Crippen molar-refractivity contribution in [2.24, 2.45) is 0 Å². The third-order valence-electron chi connectivity index (χ3n) is 3.40. The monoisotopic (exact) mass is 396 g/mol. The molecule has 1 fully saturated rings. The van der Waals surface area contributed by atoms with Crippen LogP contribution in [0.25, 0.3) is 0 Å². The Morgan fingerprint density at radius 1 is 1.38 bits per heavy atom. The molecule has 1 aliphatic rings. The summed E-state index contributed by atoms with van der Waals surface area (Å²) in [5.41, 5.74) is 0.915. The second-order valence-corrected chi connectivity index (χ2v) is 9.45. The molecule has 6 nitrogen and oxygen atoms in total. The number of piperazine rings is 1. The molecule has 2 heterocycles. The zero-order chi connectivity index (χ0) is 15.6. The number of halogens is 1. The average molecular weight is 397 g/mol. The minimum absolute atomic E-state index is 0.0871. The Hall–Kier alpha value is -0.480. The van der Waals surface area contributed by atoms with Crippen LogP contribution in [0.2, 0.25) is 0 Å². The highest BCUT2D eigenvalue weighted by atomic mass is 79.9. The fourth-order valence-electron chi connectivity index (χ4n) is 2.13. The lowest BCUT2D eigenvalue weighted by molar-refractivity contribution is -0.137. The summed E-state index contributed by atoms with van der Waals surface area (Å²) in [5, 5.41) is 8.67. The van der Waals surface area contributed by atoms with Gasteiger partial charge in [-0.2, -0.15) is 4.31 Å². The Kier molecular flexibility index (Phi) is 5.42. The van der Waals surface area contributed by atoms with Crippen LogP contribution in [-0.2, 0) is 14.8 Å². The van der Waals surface area contributed by atoms with Crippen LogP contribution in [0, 0.1) is 6.92 Å². The van der Waals surface area contributed by atoms with Crippen molar-refractivity contribution in [1.29, 1.82) is 0 Å². The highest BCUT2D eigenvalue weighted by molar-refractivity contribution is 9.11. The number of aryl methyl sites for hydroxylation is 1. The van der Waals surface area contributed by atoms with E-state index < -0.39 is 16.0 Å². The first kappa shape index (κ1) is 16.9. The van der Waals surface area contributed by atoms with Crippen LogP contribution in [0.1, 0.15) is 12.0 Å². The number of hydrogen-bond acceptors (Lipinski definition) is 5. The van der Waals surface area contributed by atoms with E-state index in [4.69, 9.17) is 5.11 Å². The maximum Gasteiger partial charge on any atom is 0.304 e. The zero-order valence-electron chi connectivity index (χ0n) is 11.6. The van der Waals surface area contributed by atoms with Gasteiger partial charge in [0.1, 0.15) is 4.21 Å². The molecule has 0 radical (unpaired) electrons. The fraction of sp³-hybridized carbons (Fsp3) is 0.583. The van der Waals surface area contributed by atoms with Crippen molar-refractivity contribution in [2.45, 2.75) is 17.6 Å². The number of carbonyl (C=O) groups is 1. The molecule has 21 heavy (non-hydrogen) atoms. The van der Waals surface area contributed by atoms with Crippen LogP contribution in [0.3, 0.4) is 0 Å². The molecular weight excluding hydrogens is 380 g/mol. The van der Waals surface area contributed by atoms with Gasteiger partial charge in [0.15, 0.2) is 0 Å². The van der Waals surface area contributed by atoms with Crippen molar-refractivity contribution in [1.82, 2.24) is 9.21 Å². The lowest BCUT2D eigenvalue weighted by atomic mass is 10.3. The molecule has 0 aliphatic carbocycles. The fourth-order valence-corrected chi connectivity index (χ4v) is 5.94. The summed E-state index contributed by atoms with van der Waals surface area (Å²) in [7, 11) is -3.44. The Bertz CT molecular complexity index is 602. The number of carboxylic acids is 1. The van der Waals surface area contributed by atoms with E-state index in [1.165, 1.54) is 15.6 Å². The quantitative estimate of drug-likeness (QED) is 0.817. The van der Waals surface area contributed by atoms with E-state index in [9.17, 15) is 13.2 Å². The normalized spacial score (nSPS) is 18.0. The van der Waals surface area contributed by atoms with Crippen LogP contribution >= 0.6 is 27.3 Å². The van der Waals surface area contributed by atoms with Crippen LogP contribution in [-0.4, -0.2) is 61.4 Å². The van der Waals surface area contributed by atoms with E-state index in [0.29, 0.717) is 36.9 Å². The molecule has 0 amide bonds. The summed E-state index contributed by atoms with van der Waals surface area (Å²) in [4.78, 5) is 12.5. The van der Waals surface area contributed by atoms with Gasteiger partial charge < -0.3 is 10.0 Å². The summed E-state index contributed by atoms with van der Waals surface area (Å²) in [6.07, 6.45) is 0.0871. The number of hydrogen-bond donors (Lipinski definition) is 1. The number of sulfonamides is 1. The standard InChI is InChI=1S/C12H17BrN2O4S2/c1-9-8-11(20-12(9)13)21(18,19)15-6-4-14(5-7-15)3-2-10(16)17/h8H,2-7H2,1H3,(H,16,17). The highest BCUT2D eigenvalue weighted by Crippen LogP contribution is 2.32. The van der Waals surface area contributed by atoms with Gasteiger partial charge in [0, 0.05) is 32.7 Å². The first-order valence-electron chi connectivity index (χ1n) is 6.51. The van der Waals surface area contributed by atoms with Gasteiger partial charge >= 0.3 is 5.97 Å². The first-order chi connectivity index (χ1) is 9.80. The molecule has 0 bridgehead atoms. The Morgan fingerprint density at radius 2 is 2.00 bits per heavy atom. The van der Waals surface area contributed by atoms with Gasteiger partial charge in [0.05, 0.1) is 10.2 Å². The van der Waals surface area contributed by atoms with Crippen LogP contribution < -0.4 is 0 Å². The molecule has 1 saturated heterocycles. The molecule has 1 aromatic heterocycles. The lowest BCUT2D eigenvalue weighted by Crippen LogP contribution is -2.48. The molecule has 118 valence electrons. The molecule has 1 N–H and O–H groups in total. The van der Waals surface area contributed by atoms with Crippen molar-refractivity contribution in [3.05, 3.63) is 15.4 Å². The topological polar surface area (TPSA) is 77.9 Å². The van der Waals surface area contributed by atoms with Crippen molar-refractivity contribution in [2.75, 3.05) is 32.7 Å². The van der Waals surface area contributed by atoms with Crippen LogP contribution in [0.4, 0.5) is 0 Å². The summed E-state index contributed by atoms with van der Waals surface area (Å²) >= 11 is 4.57. The predicted molar refractivity (Wildman–Crippen MR) is 84.2 cm³/mol. The number of aliphatic carboxylic acids is 1. The second kappa shape index (κ2) is 6.74. The van der Waals surface area contributed by atoms with Gasteiger partial charge in [-0.15, -0.1) is 11.3 Å². The van der Waals surface area contributed by atoms with E-state index in [1.807, 2.05) is 11.8 Å². The largest absolute Gasteiger partial charge is 0.481 e. The predicted octanol–water partition coefficient (Wildman–Crippen LogP) is 1.60. The molecule has 0 aromatic carbocycles.